The molecule has 1 amide bonds. The van der Waals surface area contributed by atoms with E-state index in [2.05, 4.69) is 10.2 Å². The van der Waals surface area contributed by atoms with Gasteiger partial charge in [-0.05, 0) is 31.0 Å². The van der Waals surface area contributed by atoms with Gasteiger partial charge in [0.15, 0.2) is 0 Å². The van der Waals surface area contributed by atoms with Crippen LogP contribution in [0.5, 0.6) is 0 Å². The third-order valence-corrected chi connectivity index (χ3v) is 3.39. The van der Waals surface area contributed by atoms with E-state index in [0.717, 1.165) is 18.5 Å². The third kappa shape index (κ3) is 3.52. The predicted octanol–water partition coefficient (Wildman–Crippen LogP) is 1.04. The standard InChI is InChI=1S/C14H20FN3O/c1-10(16)14(11-3-5-12(15)6-4-11)18-8-2-7-17-13(19)9-18/h3-6,10,14H,2,7-9,16H2,1H3,(H,17,19). The Hall–Kier alpha value is -1.46. The lowest BCUT2D eigenvalue weighted by molar-refractivity contribution is -0.122. The summed E-state index contributed by atoms with van der Waals surface area (Å²) in [6, 6.07) is 6.16. The largest absolute Gasteiger partial charge is 0.355 e. The van der Waals surface area contributed by atoms with Crippen molar-refractivity contribution in [3.63, 3.8) is 0 Å². The number of nitrogens with one attached hydrogen (secondary N) is 1. The van der Waals surface area contributed by atoms with E-state index >= 15 is 0 Å². The Morgan fingerprint density at radius 1 is 1.37 bits per heavy atom. The number of nitrogens with zero attached hydrogens (tertiary/aromatic N) is 1. The molecule has 2 unspecified atom stereocenters. The van der Waals surface area contributed by atoms with Gasteiger partial charge in [0, 0.05) is 19.1 Å². The highest BCUT2D eigenvalue weighted by Gasteiger charge is 2.27. The van der Waals surface area contributed by atoms with Gasteiger partial charge in [-0.15, -0.1) is 0 Å². The van der Waals surface area contributed by atoms with E-state index in [1.807, 2.05) is 6.92 Å². The van der Waals surface area contributed by atoms with Crippen molar-refractivity contribution in [1.82, 2.24) is 10.2 Å². The number of amides is 1. The Morgan fingerprint density at radius 3 is 2.68 bits per heavy atom. The van der Waals surface area contributed by atoms with Crippen LogP contribution in [-0.4, -0.2) is 36.5 Å². The number of hydrogen-bond acceptors (Lipinski definition) is 3. The second-order valence-electron chi connectivity index (χ2n) is 5.03. The number of carbonyl (C=O) groups excluding carboxylic acids is 1. The van der Waals surface area contributed by atoms with Crippen molar-refractivity contribution in [2.75, 3.05) is 19.6 Å². The zero-order chi connectivity index (χ0) is 13.8. The van der Waals surface area contributed by atoms with Crippen LogP contribution in [0.25, 0.3) is 0 Å². The zero-order valence-electron chi connectivity index (χ0n) is 11.1. The summed E-state index contributed by atoms with van der Waals surface area (Å²) in [5, 5.41) is 2.85. The fourth-order valence-corrected chi connectivity index (χ4v) is 2.57. The van der Waals surface area contributed by atoms with Crippen LogP contribution in [0.3, 0.4) is 0 Å². The summed E-state index contributed by atoms with van der Waals surface area (Å²) < 4.78 is 13.0. The van der Waals surface area contributed by atoms with Crippen LogP contribution in [0.2, 0.25) is 0 Å². The molecule has 5 heteroatoms. The normalized spacial score (nSPS) is 20.5. The molecule has 1 aliphatic rings. The van der Waals surface area contributed by atoms with Crippen molar-refractivity contribution in [3.05, 3.63) is 35.6 Å². The minimum Gasteiger partial charge on any atom is -0.355 e. The van der Waals surface area contributed by atoms with Gasteiger partial charge in [-0.2, -0.15) is 0 Å². The summed E-state index contributed by atoms with van der Waals surface area (Å²) in [4.78, 5) is 13.7. The molecule has 1 saturated heterocycles. The van der Waals surface area contributed by atoms with E-state index in [1.165, 1.54) is 12.1 Å². The van der Waals surface area contributed by atoms with Crippen LogP contribution in [0.15, 0.2) is 24.3 Å². The predicted molar refractivity (Wildman–Crippen MR) is 72.0 cm³/mol. The average Bonchev–Trinajstić information content (AvgIpc) is 2.56. The number of halogens is 1. The minimum atomic E-state index is -0.263. The van der Waals surface area contributed by atoms with Gasteiger partial charge < -0.3 is 11.1 Å². The molecule has 0 aliphatic carbocycles. The SMILES string of the molecule is CC(N)C(c1ccc(F)cc1)N1CCCNC(=O)C1. The first kappa shape index (κ1) is 14.0. The van der Waals surface area contributed by atoms with Crippen LogP contribution in [0.4, 0.5) is 4.39 Å². The molecule has 0 saturated carbocycles. The van der Waals surface area contributed by atoms with Gasteiger partial charge in [-0.25, -0.2) is 4.39 Å². The monoisotopic (exact) mass is 265 g/mol. The second-order valence-corrected chi connectivity index (χ2v) is 5.03. The number of hydrogen-bond donors (Lipinski definition) is 2. The van der Waals surface area contributed by atoms with Crippen molar-refractivity contribution in [2.45, 2.75) is 25.4 Å². The van der Waals surface area contributed by atoms with Crippen LogP contribution in [0, 0.1) is 5.82 Å². The van der Waals surface area contributed by atoms with Gasteiger partial charge in [0.25, 0.3) is 0 Å². The minimum absolute atomic E-state index is 0.0188. The maximum atomic E-state index is 13.0. The summed E-state index contributed by atoms with van der Waals surface area (Å²) in [5.74, 6) is -0.244. The highest BCUT2D eigenvalue weighted by Crippen LogP contribution is 2.24. The molecular weight excluding hydrogens is 245 g/mol. The molecular formula is C14H20FN3O. The first-order chi connectivity index (χ1) is 9.08. The first-order valence-corrected chi connectivity index (χ1v) is 6.59. The smallest absolute Gasteiger partial charge is 0.234 e. The van der Waals surface area contributed by atoms with Crippen molar-refractivity contribution < 1.29 is 9.18 Å². The van der Waals surface area contributed by atoms with Crippen LogP contribution < -0.4 is 11.1 Å². The van der Waals surface area contributed by atoms with E-state index < -0.39 is 0 Å². The Kier molecular flexibility index (Phi) is 4.50. The van der Waals surface area contributed by atoms with Crippen molar-refractivity contribution >= 4 is 5.91 Å². The summed E-state index contributed by atoms with van der Waals surface area (Å²) in [5.41, 5.74) is 7.02. The summed E-state index contributed by atoms with van der Waals surface area (Å²) in [7, 11) is 0. The van der Waals surface area contributed by atoms with Crippen molar-refractivity contribution in [1.29, 1.82) is 0 Å². The quantitative estimate of drug-likeness (QED) is 0.858. The van der Waals surface area contributed by atoms with Crippen LogP contribution in [0.1, 0.15) is 24.9 Å². The molecule has 4 nitrogen and oxygen atoms in total. The molecule has 104 valence electrons. The van der Waals surface area contributed by atoms with Crippen LogP contribution in [-0.2, 0) is 4.79 Å². The lowest BCUT2D eigenvalue weighted by Gasteiger charge is -2.33. The van der Waals surface area contributed by atoms with Crippen molar-refractivity contribution in [2.24, 2.45) is 5.73 Å². The number of carbonyl (C=O) groups is 1. The summed E-state index contributed by atoms with van der Waals surface area (Å²) >= 11 is 0. The van der Waals surface area contributed by atoms with Gasteiger partial charge in [0.05, 0.1) is 12.6 Å². The molecule has 0 aromatic heterocycles. The maximum Gasteiger partial charge on any atom is 0.234 e. The van der Waals surface area contributed by atoms with Gasteiger partial charge in [-0.1, -0.05) is 12.1 Å². The molecule has 0 spiro atoms. The summed E-state index contributed by atoms with van der Waals surface area (Å²) in [6.45, 7) is 3.76. The van der Waals surface area contributed by atoms with E-state index in [4.69, 9.17) is 5.73 Å². The Bertz CT molecular complexity index is 433. The number of nitrogens with two attached hydrogens (primary N) is 1. The molecule has 2 rings (SSSR count). The Balaban J connectivity index is 2.23. The molecule has 1 aromatic rings. The average molecular weight is 265 g/mol. The van der Waals surface area contributed by atoms with E-state index in [-0.39, 0.29) is 23.8 Å². The first-order valence-electron chi connectivity index (χ1n) is 6.59. The number of benzene rings is 1. The van der Waals surface area contributed by atoms with E-state index in [0.29, 0.717) is 13.1 Å². The molecule has 2 atom stereocenters. The zero-order valence-corrected chi connectivity index (χ0v) is 11.1. The lowest BCUT2D eigenvalue weighted by atomic mass is 9.99. The highest BCUT2D eigenvalue weighted by atomic mass is 19.1. The van der Waals surface area contributed by atoms with Gasteiger partial charge in [-0.3, -0.25) is 9.69 Å². The fraction of sp³-hybridized carbons (Fsp3) is 0.500. The van der Waals surface area contributed by atoms with E-state index in [9.17, 15) is 9.18 Å². The molecule has 1 aliphatic heterocycles. The summed E-state index contributed by atoms with van der Waals surface area (Å²) in [6.07, 6.45) is 0.899. The van der Waals surface area contributed by atoms with Crippen LogP contribution >= 0.6 is 0 Å². The molecule has 19 heavy (non-hydrogen) atoms. The van der Waals surface area contributed by atoms with E-state index in [1.54, 1.807) is 12.1 Å². The molecule has 3 N–H and O–H groups in total. The molecule has 1 heterocycles. The topological polar surface area (TPSA) is 58.4 Å². The highest BCUT2D eigenvalue weighted by molar-refractivity contribution is 5.78. The number of rotatable bonds is 3. The molecule has 1 aromatic carbocycles. The van der Waals surface area contributed by atoms with Gasteiger partial charge in [0.1, 0.15) is 5.82 Å². The molecule has 0 bridgehead atoms. The third-order valence-electron chi connectivity index (χ3n) is 3.39. The Morgan fingerprint density at radius 2 is 2.05 bits per heavy atom. The molecule has 1 fully saturated rings. The van der Waals surface area contributed by atoms with Crippen molar-refractivity contribution in [3.8, 4) is 0 Å². The maximum absolute atomic E-state index is 13.0. The van der Waals surface area contributed by atoms with Gasteiger partial charge >= 0.3 is 0 Å². The second kappa shape index (κ2) is 6.12. The molecule has 0 radical (unpaired) electrons. The Labute approximate surface area is 112 Å². The van der Waals surface area contributed by atoms with Gasteiger partial charge in [0.2, 0.25) is 5.91 Å². The fourth-order valence-electron chi connectivity index (χ4n) is 2.57. The lowest BCUT2D eigenvalue weighted by Crippen LogP contribution is -2.42.